The lowest BCUT2D eigenvalue weighted by Gasteiger charge is -2.31. The lowest BCUT2D eigenvalue weighted by molar-refractivity contribution is 0.0701. The van der Waals surface area contributed by atoms with Crippen LogP contribution in [0.3, 0.4) is 0 Å². The molecule has 0 saturated carbocycles. The standard InChI is InChI=1S/C18H26N4O2/c1-20-10-16(9-19-20)11-22-6-8-23-15-18(14-22)4-5-21(13-18)12-17-3-2-7-24-17/h2-3,7,9-10H,4-6,8,11-15H2,1H3/t18-/m0/s1. The molecule has 6 heteroatoms. The van der Waals surface area contributed by atoms with Crippen LogP contribution in [0.4, 0.5) is 0 Å². The molecule has 1 spiro atoms. The maximum atomic E-state index is 5.98. The summed E-state index contributed by atoms with van der Waals surface area (Å²) in [5.41, 5.74) is 1.52. The molecule has 0 N–H and O–H groups in total. The normalized spacial score (nSPS) is 26.2. The first-order valence-corrected chi connectivity index (χ1v) is 8.73. The molecule has 2 aromatic rings. The second-order valence-corrected chi connectivity index (χ2v) is 7.33. The van der Waals surface area contributed by atoms with Crippen molar-refractivity contribution in [2.75, 3.05) is 39.4 Å². The molecule has 0 aromatic carbocycles. The van der Waals surface area contributed by atoms with Crippen LogP contribution in [0.1, 0.15) is 17.7 Å². The lowest BCUT2D eigenvalue weighted by atomic mass is 9.87. The third-order valence-electron chi connectivity index (χ3n) is 5.16. The molecule has 2 fully saturated rings. The van der Waals surface area contributed by atoms with Crippen molar-refractivity contribution in [3.63, 3.8) is 0 Å². The van der Waals surface area contributed by atoms with Crippen molar-refractivity contribution in [2.24, 2.45) is 12.5 Å². The van der Waals surface area contributed by atoms with E-state index in [0.717, 1.165) is 58.2 Å². The van der Waals surface area contributed by atoms with Gasteiger partial charge in [0, 0.05) is 50.4 Å². The van der Waals surface area contributed by atoms with Gasteiger partial charge in [-0.1, -0.05) is 0 Å². The fourth-order valence-corrected chi connectivity index (χ4v) is 4.06. The quantitative estimate of drug-likeness (QED) is 0.854. The summed E-state index contributed by atoms with van der Waals surface area (Å²) in [6, 6.07) is 4.02. The first-order valence-electron chi connectivity index (χ1n) is 8.73. The van der Waals surface area contributed by atoms with Gasteiger partial charge in [-0.3, -0.25) is 14.5 Å². The van der Waals surface area contributed by atoms with E-state index in [1.165, 1.54) is 12.0 Å². The molecule has 0 bridgehead atoms. The molecular formula is C18H26N4O2. The fraction of sp³-hybridized carbons (Fsp3) is 0.611. The van der Waals surface area contributed by atoms with Gasteiger partial charge in [0.1, 0.15) is 5.76 Å². The summed E-state index contributed by atoms with van der Waals surface area (Å²) in [4.78, 5) is 5.02. The summed E-state index contributed by atoms with van der Waals surface area (Å²) in [5, 5.41) is 4.29. The van der Waals surface area contributed by atoms with Crippen LogP contribution in [0.25, 0.3) is 0 Å². The van der Waals surface area contributed by atoms with Crippen LogP contribution in [-0.4, -0.2) is 59.0 Å². The van der Waals surface area contributed by atoms with Crippen LogP contribution < -0.4 is 0 Å². The maximum absolute atomic E-state index is 5.98. The zero-order valence-corrected chi connectivity index (χ0v) is 14.4. The van der Waals surface area contributed by atoms with Gasteiger partial charge in [-0.2, -0.15) is 5.10 Å². The summed E-state index contributed by atoms with van der Waals surface area (Å²) >= 11 is 0. The molecule has 4 heterocycles. The highest BCUT2D eigenvalue weighted by atomic mass is 16.5. The van der Waals surface area contributed by atoms with Crippen molar-refractivity contribution in [1.82, 2.24) is 19.6 Å². The molecule has 6 nitrogen and oxygen atoms in total. The Kier molecular flexibility index (Phi) is 4.43. The highest BCUT2D eigenvalue weighted by Crippen LogP contribution is 2.34. The minimum absolute atomic E-state index is 0.241. The number of rotatable bonds is 4. The molecule has 24 heavy (non-hydrogen) atoms. The van der Waals surface area contributed by atoms with Crippen molar-refractivity contribution < 1.29 is 9.15 Å². The maximum Gasteiger partial charge on any atom is 0.117 e. The van der Waals surface area contributed by atoms with Gasteiger partial charge in [-0.15, -0.1) is 0 Å². The first-order chi connectivity index (χ1) is 11.7. The molecule has 0 radical (unpaired) electrons. The molecule has 2 aromatic heterocycles. The summed E-state index contributed by atoms with van der Waals surface area (Å²) in [5.74, 6) is 1.05. The van der Waals surface area contributed by atoms with Gasteiger partial charge in [0.15, 0.2) is 0 Å². The zero-order chi connectivity index (χ0) is 16.4. The van der Waals surface area contributed by atoms with E-state index < -0.39 is 0 Å². The highest BCUT2D eigenvalue weighted by molar-refractivity contribution is 5.05. The second-order valence-electron chi connectivity index (χ2n) is 7.33. The van der Waals surface area contributed by atoms with E-state index >= 15 is 0 Å². The van der Waals surface area contributed by atoms with Crippen LogP contribution in [0.15, 0.2) is 35.2 Å². The molecule has 1 atom stereocenters. The van der Waals surface area contributed by atoms with E-state index in [1.807, 2.05) is 24.0 Å². The molecule has 2 aliphatic rings. The number of likely N-dealkylation sites (tertiary alicyclic amines) is 1. The van der Waals surface area contributed by atoms with Gasteiger partial charge in [0.2, 0.25) is 0 Å². The molecule has 130 valence electrons. The SMILES string of the molecule is Cn1cc(CN2CCOC[C@]3(CCN(Cc4ccco4)C3)C2)cn1. The predicted molar refractivity (Wildman–Crippen MR) is 90.3 cm³/mol. The van der Waals surface area contributed by atoms with Gasteiger partial charge in [0.05, 0.1) is 32.2 Å². The summed E-state index contributed by atoms with van der Waals surface area (Å²) < 4.78 is 13.4. The Morgan fingerprint density at radius 2 is 2.08 bits per heavy atom. The largest absolute Gasteiger partial charge is 0.468 e. The number of aromatic nitrogens is 2. The Bertz CT molecular complexity index is 654. The molecular weight excluding hydrogens is 304 g/mol. The van der Waals surface area contributed by atoms with Crippen LogP contribution in [0.2, 0.25) is 0 Å². The van der Waals surface area contributed by atoms with E-state index in [1.54, 1.807) is 6.26 Å². The van der Waals surface area contributed by atoms with E-state index in [0.29, 0.717) is 0 Å². The van der Waals surface area contributed by atoms with E-state index in [4.69, 9.17) is 9.15 Å². The van der Waals surface area contributed by atoms with Gasteiger partial charge in [0.25, 0.3) is 0 Å². The number of furan rings is 1. The summed E-state index contributed by atoms with van der Waals surface area (Å²) in [7, 11) is 1.97. The van der Waals surface area contributed by atoms with Crippen LogP contribution in [0, 0.1) is 5.41 Å². The lowest BCUT2D eigenvalue weighted by Crippen LogP contribution is -2.40. The van der Waals surface area contributed by atoms with Gasteiger partial charge in [-0.25, -0.2) is 0 Å². The van der Waals surface area contributed by atoms with Crippen LogP contribution in [-0.2, 0) is 24.9 Å². The Labute approximate surface area is 143 Å². The van der Waals surface area contributed by atoms with Crippen LogP contribution >= 0.6 is 0 Å². The van der Waals surface area contributed by atoms with Crippen molar-refractivity contribution in [3.05, 3.63) is 42.1 Å². The molecule has 2 saturated heterocycles. The Hall–Kier alpha value is -1.63. The summed E-state index contributed by atoms with van der Waals surface area (Å²) in [6.45, 7) is 7.83. The van der Waals surface area contributed by atoms with Crippen molar-refractivity contribution in [3.8, 4) is 0 Å². The monoisotopic (exact) mass is 330 g/mol. The fourth-order valence-electron chi connectivity index (χ4n) is 4.06. The third kappa shape index (κ3) is 3.55. The van der Waals surface area contributed by atoms with Gasteiger partial charge >= 0.3 is 0 Å². The smallest absolute Gasteiger partial charge is 0.117 e. The Morgan fingerprint density at radius 3 is 2.83 bits per heavy atom. The molecule has 0 amide bonds. The second kappa shape index (κ2) is 6.70. The minimum atomic E-state index is 0.241. The van der Waals surface area contributed by atoms with Gasteiger partial charge in [-0.05, 0) is 25.1 Å². The van der Waals surface area contributed by atoms with Crippen LogP contribution in [0.5, 0.6) is 0 Å². The molecule has 2 aliphatic heterocycles. The first kappa shape index (κ1) is 15.9. The van der Waals surface area contributed by atoms with E-state index in [9.17, 15) is 0 Å². The topological polar surface area (TPSA) is 46.7 Å². The minimum Gasteiger partial charge on any atom is -0.468 e. The zero-order valence-electron chi connectivity index (χ0n) is 14.4. The number of nitrogens with zero attached hydrogens (tertiary/aromatic N) is 4. The number of aryl methyl sites for hydroxylation is 1. The molecule has 4 rings (SSSR count). The molecule has 0 aliphatic carbocycles. The molecule has 0 unspecified atom stereocenters. The van der Waals surface area contributed by atoms with Crippen molar-refractivity contribution in [1.29, 1.82) is 0 Å². The number of hydrogen-bond donors (Lipinski definition) is 0. The number of hydrogen-bond acceptors (Lipinski definition) is 5. The average Bonchev–Trinajstić information content (AvgIpc) is 3.25. The Balaban J connectivity index is 1.40. The third-order valence-corrected chi connectivity index (χ3v) is 5.16. The summed E-state index contributed by atoms with van der Waals surface area (Å²) in [6.07, 6.45) is 7.02. The highest BCUT2D eigenvalue weighted by Gasteiger charge is 2.41. The van der Waals surface area contributed by atoms with Crippen molar-refractivity contribution in [2.45, 2.75) is 19.5 Å². The Morgan fingerprint density at radius 1 is 1.21 bits per heavy atom. The van der Waals surface area contributed by atoms with Crippen molar-refractivity contribution >= 4 is 0 Å². The number of ether oxygens (including phenoxy) is 1. The van der Waals surface area contributed by atoms with E-state index in [-0.39, 0.29) is 5.41 Å². The van der Waals surface area contributed by atoms with Gasteiger partial charge < -0.3 is 9.15 Å². The predicted octanol–water partition coefficient (Wildman–Crippen LogP) is 1.74. The van der Waals surface area contributed by atoms with E-state index in [2.05, 4.69) is 27.2 Å². The average molecular weight is 330 g/mol.